The van der Waals surface area contributed by atoms with E-state index in [2.05, 4.69) is 5.32 Å². The van der Waals surface area contributed by atoms with E-state index in [1.165, 1.54) is 6.92 Å². The zero-order valence-electron chi connectivity index (χ0n) is 16.7. The number of esters is 1. The number of carbonyl (C=O) groups is 3. The lowest BCUT2D eigenvalue weighted by Crippen LogP contribution is -2.29. The Labute approximate surface area is 175 Å². The summed E-state index contributed by atoms with van der Waals surface area (Å²) in [6.45, 7) is 1.40. The number of rotatable bonds is 8. The molecule has 0 aliphatic carbocycles. The zero-order valence-corrected chi connectivity index (χ0v) is 16.7. The molecular weight excluding hydrogens is 378 g/mol. The standard InChI is InChI=1S/C25H23NO4/c1-18(27)26-22(19-11-5-2-6-12-19)17-23(28)30-25(21-15-9-4-10-16-21)24(29)20-13-7-3-8-14-20/h2-16,22,25H,17H2,1H3,(H,26,27)/t22-,25-/m1/s1. The van der Waals surface area contributed by atoms with E-state index < -0.39 is 18.1 Å². The average molecular weight is 401 g/mol. The Morgan fingerprint density at radius 1 is 0.767 bits per heavy atom. The van der Waals surface area contributed by atoms with Crippen LogP contribution in [0.25, 0.3) is 0 Å². The van der Waals surface area contributed by atoms with Gasteiger partial charge in [-0.05, 0) is 5.56 Å². The van der Waals surface area contributed by atoms with Crippen LogP contribution in [0, 0.1) is 0 Å². The van der Waals surface area contributed by atoms with Crippen molar-refractivity contribution in [1.82, 2.24) is 5.32 Å². The van der Waals surface area contributed by atoms with Crippen LogP contribution in [0.4, 0.5) is 0 Å². The Hall–Kier alpha value is -3.73. The fourth-order valence-electron chi connectivity index (χ4n) is 3.18. The number of hydrogen-bond acceptors (Lipinski definition) is 4. The van der Waals surface area contributed by atoms with Gasteiger partial charge in [0.05, 0.1) is 12.5 Å². The lowest BCUT2D eigenvalue weighted by Gasteiger charge is -2.21. The summed E-state index contributed by atoms with van der Waals surface area (Å²) in [5, 5.41) is 2.78. The highest BCUT2D eigenvalue weighted by molar-refractivity contribution is 6.01. The van der Waals surface area contributed by atoms with Gasteiger partial charge in [-0.2, -0.15) is 0 Å². The molecule has 5 heteroatoms. The van der Waals surface area contributed by atoms with E-state index in [-0.39, 0.29) is 18.1 Å². The molecule has 3 aromatic carbocycles. The van der Waals surface area contributed by atoms with Crippen LogP contribution < -0.4 is 5.32 Å². The predicted octanol–water partition coefficient (Wildman–Crippen LogP) is 4.42. The van der Waals surface area contributed by atoms with E-state index in [0.717, 1.165) is 5.56 Å². The maximum Gasteiger partial charge on any atom is 0.309 e. The van der Waals surface area contributed by atoms with Crippen molar-refractivity contribution in [2.24, 2.45) is 0 Å². The number of ether oxygens (including phenoxy) is 1. The van der Waals surface area contributed by atoms with Gasteiger partial charge in [-0.25, -0.2) is 0 Å². The molecule has 1 N–H and O–H groups in total. The molecule has 5 nitrogen and oxygen atoms in total. The minimum absolute atomic E-state index is 0.0883. The normalized spacial score (nSPS) is 12.4. The molecule has 1 amide bonds. The van der Waals surface area contributed by atoms with Crippen LogP contribution >= 0.6 is 0 Å². The summed E-state index contributed by atoms with van der Waals surface area (Å²) in [7, 11) is 0. The molecule has 2 atom stereocenters. The second-order valence-corrected chi connectivity index (χ2v) is 6.88. The van der Waals surface area contributed by atoms with Crippen molar-refractivity contribution in [1.29, 1.82) is 0 Å². The van der Waals surface area contributed by atoms with Crippen LogP contribution in [-0.2, 0) is 14.3 Å². The van der Waals surface area contributed by atoms with Crippen molar-refractivity contribution in [3.8, 4) is 0 Å². The second-order valence-electron chi connectivity index (χ2n) is 6.88. The molecule has 0 saturated heterocycles. The Bertz CT molecular complexity index is 987. The first-order chi connectivity index (χ1) is 14.5. The highest BCUT2D eigenvalue weighted by Crippen LogP contribution is 2.25. The van der Waals surface area contributed by atoms with Crippen LogP contribution in [0.5, 0.6) is 0 Å². The van der Waals surface area contributed by atoms with Crippen molar-refractivity contribution in [3.63, 3.8) is 0 Å². The van der Waals surface area contributed by atoms with E-state index in [1.807, 2.05) is 42.5 Å². The van der Waals surface area contributed by atoms with E-state index in [1.54, 1.807) is 48.5 Å². The van der Waals surface area contributed by atoms with Crippen molar-refractivity contribution in [3.05, 3.63) is 108 Å². The quantitative estimate of drug-likeness (QED) is 0.448. The lowest BCUT2D eigenvalue weighted by molar-refractivity contribution is -0.148. The number of carbonyl (C=O) groups excluding carboxylic acids is 3. The van der Waals surface area contributed by atoms with Crippen molar-refractivity contribution in [2.75, 3.05) is 0 Å². The van der Waals surface area contributed by atoms with Gasteiger partial charge in [0.25, 0.3) is 0 Å². The molecule has 0 aliphatic heterocycles. The maximum absolute atomic E-state index is 13.1. The van der Waals surface area contributed by atoms with Gasteiger partial charge in [-0.3, -0.25) is 14.4 Å². The van der Waals surface area contributed by atoms with Gasteiger partial charge < -0.3 is 10.1 Å². The molecule has 0 aromatic heterocycles. The van der Waals surface area contributed by atoms with Gasteiger partial charge in [-0.15, -0.1) is 0 Å². The molecule has 0 unspecified atom stereocenters. The Morgan fingerprint density at radius 3 is 1.80 bits per heavy atom. The molecule has 0 fully saturated rings. The molecule has 152 valence electrons. The molecule has 0 radical (unpaired) electrons. The number of nitrogens with one attached hydrogen (secondary N) is 1. The Morgan fingerprint density at radius 2 is 1.27 bits per heavy atom. The van der Waals surface area contributed by atoms with Crippen LogP contribution in [0.2, 0.25) is 0 Å². The van der Waals surface area contributed by atoms with E-state index >= 15 is 0 Å². The van der Waals surface area contributed by atoms with Crippen LogP contribution in [0.1, 0.15) is 47.0 Å². The summed E-state index contributed by atoms with van der Waals surface area (Å²) in [5.74, 6) is -1.13. The first-order valence-corrected chi connectivity index (χ1v) is 9.70. The minimum Gasteiger partial charge on any atom is -0.449 e. The monoisotopic (exact) mass is 401 g/mol. The smallest absolute Gasteiger partial charge is 0.309 e. The highest BCUT2D eigenvalue weighted by Gasteiger charge is 2.27. The number of ketones is 1. The molecule has 0 heterocycles. The summed E-state index contributed by atoms with van der Waals surface area (Å²) in [6, 6.07) is 26.3. The number of Topliss-reactive ketones (excluding diaryl/α,β-unsaturated/α-hetero) is 1. The van der Waals surface area contributed by atoms with Crippen molar-refractivity contribution < 1.29 is 19.1 Å². The third-order valence-corrected chi connectivity index (χ3v) is 4.60. The molecule has 0 spiro atoms. The van der Waals surface area contributed by atoms with Gasteiger partial charge >= 0.3 is 5.97 Å². The molecule has 0 bridgehead atoms. The molecule has 3 rings (SSSR count). The molecule has 3 aromatic rings. The fraction of sp³-hybridized carbons (Fsp3) is 0.160. The lowest BCUT2D eigenvalue weighted by atomic mass is 9.99. The Balaban J connectivity index is 1.82. The van der Waals surface area contributed by atoms with Gasteiger partial charge in [0, 0.05) is 18.1 Å². The number of benzene rings is 3. The summed E-state index contributed by atoms with van der Waals surface area (Å²) in [6.07, 6.45) is -1.15. The van der Waals surface area contributed by atoms with Gasteiger partial charge in [0.1, 0.15) is 0 Å². The fourth-order valence-corrected chi connectivity index (χ4v) is 3.18. The average Bonchev–Trinajstić information content (AvgIpc) is 2.78. The van der Waals surface area contributed by atoms with Crippen LogP contribution in [0.3, 0.4) is 0 Å². The van der Waals surface area contributed by atoms with Crippen LogP contribution in [0.15, 0.2) is 91.0 Å². The SMILES string of the molecule is CC(=O)N[C@H](CC(=O)O[C@@H](C(=O)c1ccccc1)c1ccccc1)c1ccccc1. The second kappa shape index (κ2) is 10.2. The predicted molar refractivity (Wildman–Crippen MR) is 114 cm³/mol. The zero-order chi connectivity index (χ0) is 21.3. The number of amides is 1. The third-order valence-electron chi connectivity index (χ3n) is 4.60. The molecule has 0 saturated carbocycles. The molecule has 0 aliphatic rings. The van der Waals surface area contributed by atoms with Gasteiger partial charge in [0.2, 0.25) is 11.7 Å². The van der Waals surface area contributed by atoms with Crippen molar-refractivity contribution in [2.45, 2.75) is 25.5 Å². The summed E-state index contributed by atoms with van der Waals surface area (Å²) in [5.41, 5.74) is 1.84. The first kappa shape index (κ1) is 21.0. The largest absolute Gasteiger partial charge is 0.449 e. The Kier molecular flexibility index (Phi) is 7.11. The highest BCUT2D eigenvalue weighted by atomic mass is 16.5. The van der Waals surface area contributed by atoms with Gasteiger partial charge in [0.15, 0.2) is 6.10 Å². The van der Waals surface area contributed by atoms with Crippen LogP contribution in [-0.4, -0.2) is 17.7 Å². The molecular formula is C25H23NO4. The molecule has 30 heavy (non-hydrogen) atoms. The maximum atomic E-state index is 13.1. The first-order valence-electron chi connectivity index (χ1n) is 9.70. The van der Waals surface area contributed by atoms with Crippen molar-refractivity contribution >= 4 is 17.7 Å². The summed E-state index contributed by atoms with van der Waals surface area (Å²) < 4.78 is 5.65. The summed E-state index contributed by atoms with van der Waals surface area (Å²) >= 11 is 0. The minimum atomic E-state index is -1.06. The number of hydrogen-bond donors (Lipinski definition) is 1. The topological polar surface area (TPSA) is 72.5 Å². The van der Waals surface area contributed by atoms with E-state index in [9.17, 15) is 14.4 Å². The summed E-state index contributed by atoms with van der Waals surface area (Å²) in [4.78, 5) is 37.5. The third kappa shape index (κ3) is 5.64. The van der Waals surface area contributed by atoms with Gasteiger partial charge in [-0.1, -0.05) is 91.0 Å². The van der Waals surface area contributed by atoms with E-state index in [0.29, 0.717) is 11.1 Å². The van der Waals surface area contributed by atoms with E-state index in [4.69, 9.17) is 4.74 Å².